The average Bonchev–Trinajstić information content (AvgIpc) is 3.08. The monoisotopic (exact) mass is 330 g/mol. The Balaban J connectivity index is 0.000000307. The van der Waals surface area contributed by atoms with Crippen LogP contribution in [0.3, 0.4) is 0 Å². The Morgan fingerprint density at radius 3 is 2.33 bits per heavy atom. The van der Waals surface area contributed by atoms with Crippen LogP contribution in [-0.2, 0) is 9.59 Å². The lowest BCUT2D eigenvalue weighted by molar-refractivity contribution is -0.134. The third kappa shape index (κ3) is 6.29. The zero-order valence-corrected chi connectivity index (χ0v) is 12.8. The van der Waals surface area contributed by atoms with E-state index in [1.54, 1.807) is 6.26 Å². The Morgan fingerprint density at radius 1 is 1.21 bits per heavy atom. The van der Waals surface area contributed by atoms with Gasteiger partial charge in [-0.2, -0.15) is 0 Å². The molecule has 24 heavy (non-hydrogen) atoms. The van der Waals surface area contributed by atoms with E-state index in [9.17, 15) is 9.59 Å². The molecule has 7 heteroatoms. The number of aliphatic carboxylic acids is 2. The summed E-state index contributed by atoms with van der Waals surface area (Å²) in [5, 5.41) is 19.6. The number of hydrogen-bond acceptors (Lipinski definition) is 5. The van der Waals surface area contributed by atoms with E-state index in [1.807, 2.05) is 36.4 Å². The lowest BCUT2D eigenvalue weighted by Crippen LogP contribution is -2.10. The van der Waals surface area contributed by atoms with Gasteiger partial charge in [0, 0.05) is 29.8 Å². The maximum atomic E-state index is 9.55. The Bertz CT molecular complexity index is 692. The van der Waals surface area contributed by atoms with Gasteiger partial charge >= 0.3 is 11.9 Å². The Labute approximate surface area is 138 Å². The first kappa shape index (κ1) is 18.9. The molecule has 0 saturated heterocycles. The summed E-state index contributed by atoms with van der Waals surface area (Å²) in [7, 11) is 0. The number of hydrogen-bond donors (Lipinski definition) is 3. The number of nitrogens with zero attached hydrogens (tertiary/aromatic N) is 1. The fourth-order valence-electron chi connectivity index (χ4n) is 1.85. The molecule has 2 rings (SSSR count). The molecule has 0 spiro atoms. The minimum atomic E-state index is -1.26. The highest BCUT2D eigenvalue weighted by molar-refractivity contribution is 5.89. The Morgan fingerprint density at radius 2 is 1.83 bits per heavy atom. The van der Waals surface area contributed by atoms with E-state index in [0.29, 0.717) is 12.2 Å². The van der Waals surface area contributed by atoms with E-state index >= 15 is 0 Å². The fourth-order valence-corrected chi connectivity index (χ4v) is 1.85. The summed E-state index contributed by atoms with van der Waals surface area (Å²) in [5.74, 6) is -2.51. The second-order valence-corrected chi connectivity index (χ2v) is 4.61. The van der Waals surface area contributed by atoms with Gasteiger partial charge in [0.25, 0.3) is 0 Å². The van der Waals surface area contributed by atoms with Crippen LogP contribution >= 0.6 is 0 Å². The van der Waals surface area contributed by atoms with Gasteiger partial charge in [0.05, 0.1) is 0 Å². The van der Waals surface area contributed by atoms with Crippen molar-refractivity contribution < 1.29 is 24.3 Å². The third-order valence-corrected chi connectivity index (χ3v) is 2.86. The molecular formula is C17H18N2O5. The molecule has 0 aliphatic heterocycles. The number of aromatic nitrogens is 1. The van der Waals surface area contributed by atoms with E-state index < -0.39 is 11.9 Å². The molecule has 0 fully saturated rings. The molecule has 0 aliphatic carbocycles. The lowest BCUT2D eigenvalue weighted by atomic mass is 9.97. The van der Waals surface area contributed by atoms with Crippen LogP contribution in [0.1, 0.15) is 18.0 Å². The van der Waals surface area contributed by atoms with Gasteiger partial charge in [-0.15, -0.1) is 6.58 Å². The molecule has 1 aromatic heterocycles. The number of carboxylic acid groups (broad SMARTS) is 2. The van der Waals surface area contributed by atoms with Crippen molar-refractivity contribution in [3.8, 4) is 11.3 Å². The van der Waals surface area contributed by atoms with Crippen molar-refractivity contribution >= 4 is 11.9 Å². The van der Waals surface area contributed by atoms with Gasteiger partial charge in [-0.1, -0.05) is 35.5 Å². The predicted octanol–water partition coefficient (Wildman–Crippen LogP) is 2.63. The van der Waals surface area contributed by atoms with E-state index in [2.05, 4.69) is 11.7 Å². The summed E-state index contributed by atoms with van der Waals surface area (Å²) in [6, 6.07) is 9.73. The predicted molar refractivity (Wildman–Crippen MR) is 88.1 cm³/mol. The molecule has 0 radical (unpaired) electrons. The highest BCUT2D eigenvalue weighted by Crippen LogP contribution is 2.27. The van der Waals surface area contributed by atoms with E-state index in [1.165, 1.54) is 0 Å². The van der Waals surface area contributed by atoms with Crippen molar-refractivity contribution in [3.05, 3.63) is 67.0 Å². The smallest absolute Gasteiger partial charge is 0.328 e. The van der Waals surface area contributed by atoms with Gasteiger partial charge in [0.2, 0.25) is 0 Å². The molecule has 0 amide bonds. The summed E-state index contributed by atoms with van der Waals surface area (Å²) in [6.45, 7) is 3.70. The number of nitrogens with two attached hydrogens (primary N) is 1. The molecular weight excluding hydrogens is 312 g/mol. The SMILES string of the molecule is C=CCC(N)c1ccccc1-c1ccon1.O=C(O)/C=C/C(=O)O. The fraction of sp³-hybridized carbons (Fsp3) is 0.118. The lowest BCUT2D eigenvalue weighted by Gasteiger charge is -2.13. The summed E-state index contributed by atoms with van der Waals surface area (Å²) < 4.78 is 4.85. The van der Waals surface area contributed by atoms with Crippen LogP contribution in [0.15, 0.2) is 65.9 Å². The van der Waals surface area contributed by atoms with Gasteiger partial charge in [-0.05, 0) is 12.0 Å². The summed E-state index contributed by atoms with van der Waals surface area (Å²) in [6.07, 6.45) is 5.24. The van der Waals surface area contributed by atoms with Crippen LogP contribution in [0, 0.1) is 0 Å². The first-order valence-corrected chi connectivity index (χ1v) is 6.95. The van der Waals surface area contributed by atoms with Crippen LogP contribution in [0.5, 0.6) is 0 Å². The molecule has 1 atom stereocenters. The molecule has 0 bridgehead atoms. The van der Waals surface area contributed by atoms with Gasteiger partial charge in [0.1, 0.15) is 12.0 Å². The highest BCUT2D eigenvalue weighted by atomic mass is 16.5. The first-order valence-electron chi connectivity index (χ1n) is 6.95. The highest BCUT2D eigenvalue weighted by Gasteiger charge is 2.12. The van der Waals surface area contributed by atoms with Gasteiger partial charge in [-0.25, -0.2) is 9.59 Å². The molecule has 2 aromatic rings. The molecule has 1 aromatic carbocycles. The third-order valence-electron chi connectivity index (χ3n) is 2.86. The van der Waals surface area contributed by atoms with Crippen molar-refractivity contribution in [1.29, 1.82) is 0 Å². The van der Waals surface area contributed by atoms with Crippen molar-refractivity contribution in [2.75, 3.05) is 0 Å². The zero-order chi connectivity index (χ0) is 17.9. The molecule has 4 N–H and O–H groups in total. The number of carbonyl (C=O) groups is 2. The Hall–Kier alpha value is -3.19. The summed E-state index contributed by atoms with van der Waals surface area (Å²) in [5.41, 5.74) is 8.98. The molecule has 0 aliphatic rings. The standard InChI is InChI=1S/C13H14N2O.C4H4O4/c1-2-5-12(14)10-6-3-4-7-11(10)13-8-9-16-15-13;5-3(6)1-2-4(7)8/h2-4,6-9,12H,1,5,14H2;1-2H,(H,5,6)(H,7,8)/b;2-1+. The van der Waals surface area contributed by atoms with Crippen LogP contribution in [-0.4, -0.2) is 27.3 Å². The van der Waals surface area contributed by atoms with E-state index in [0.717, 1.165) is 23.2 Å². The zero-order valence-electron chi connectivity index (χ0n) is 12.8. The average molecular weight is 330 g/mol. The van der Waals surface area contributed by atoms with Crippen molar-refractivity contribution in [3.63, 3.8) is 0 Å². The van der Waals surface area contributed by atoms with Gasteiger partial charge < -0.3 is 20.5 Å². The van der Waals surface area contributed by atoms with Crippen LogP contribution < -0.4 is 5.73 Å². The molecule has 1 unspecified atom stereocenters. The van der Waals surface area contributed by atoms with Crippen molar-refractivity contribution in [1.82, 2.24) is 5.16 Å². The number of carboxylic acids is 2. The Kier molecular flexibility index (Phi) is 7.66. The van der Waals surface area contributed by atoms with Gasteiger partial charge in [0.15, 0.2) is 0 Å². The quantitative estimate of drug-likeness (QED) is 0.549. The second kappa shape index (κ2) is 9.75. The number of benzene rings is 1. The normalized spacial score (nSPS) is 11.4. The maximum absolute atomic E-state index is 9.55. The van der Waals surface area contributed by atoms with Crippen molar-refractivity contribution in [2.45, 2.75) is 12.5 Å². The minimum absolute atomic E-state index is 0.0506. The van der Waals surface area contributed by atoms with Crippen LogP contribution in [0.4, 0.5) is 0 Å². The van der Waals surface area contributed by atoms with E-state index in [-0.39, 0.29) is 6.04 Å². The van der Waals surface area contributed by atoms with Crippen LogP contribution in [0.2, 0.25) is 0 Å². The molecule has 1 heterocycles. The second-order valence-electron chi connectivity index (χ2n) is 4.61. The first-order chi connectivity index (χ1) is 11.5. The summed E-state index contributed by atoms with van der Waals surface area (Å²) >= 11 is 0. The minimum Gasteiger partial charge on any atom is -0.478 e. The largest absolute Gasteiger partial charge is 0.478 e. The van der Waals surface area contributed by atoms with Crippen molar-refractivity contribution in [2.24, 2.45) is 5.73 Å². The summed E-state index contributed by atoms with van der Waals surface area (Å²) in [4.78, 5) is 19.1. The topological polar surface area (TPSA) is 127 Å². The molecule has 7 nitrogen and oxygen atoms in total. The van der Waals surface area contributed by atoms with E-state index in [4.69, 9.17) is 20.5 Å². The molecule has 126 valence electrons. The number of rotatable bonds is 6. The van der Waals surface area contributed by atoms with Gasteiger partial charge in [-0.3, -0.25) is 0 Å². The molecule has 0 saturated carbocycles. The van der Waals surface area contributed by atoms with Crippen LogP contribution in [0.25, 0.3) is 11.3 Å². The maximum Gasteiger partial charge on any atom is 0.328 e.